The number of pyridine rings is 1. The van der Waals surface area contributed by atoms with Gasteiger partial charge in [0.05, 0.1) is 0 Å². The van der Waals surface area contributed by atoms with Gasteiger partial charge in [0, 0.05) is 25.6 Å². The molecule has 2 heterocycles. The Morgan fingerprint density at radius 1 is 1.57 bits per heavy atom. The van der Waals surface area contributed by atoms with Crippen LogP contribution < -0.4 is 10.0 Å². The molecular formula is C10H12N2O2. The van der Waals surface area contributed by atoms with Gasteiger partial charge in [0.2, 0.25) is 11.6 Å². The summed E-state index contributed by atoms with van der Waals surface area (Å²) < 4.78 is 0.843. The minimum absolute atomic E-state index is 0.0415. The van der Waals surface area contributed by atoms with Gasteiger partial charge in [-0.25, -0.2) is 0 Å². The second-order valence-corrected chi connectivity index (χ2v) is 3.52. The van der Waals surface area contributed by atoms with Gasteiger partial charge in [0.1, 0.15) is 5.92 Å². The minimum atomic E-state index is -0.271. The van der Waals surface area contributed by atoms with Crippen molar-refractivity contribution in [3.05, 3.63) is 34.8 Å². The molecule has 0 aliphatic carbocycles. The first kappa shape index (κ1) is 8.99. The van der Waals surface area contributed by atoms with E-state index in [2.05, 4.69) is 5.32 Å². The van der Waals surface area contributed by atoms with E-state index in [4.69, 9.17) is 0 Å². The molecule has 14 heavy (non-hydrogen) atoms. The van der Waals surface area contributed by atoms with Crippen molar-refractivity contribution < 1.29 is 9.52 Å². The van der Waals surface area contributed by atoms with E-state index < -0.39 is 0 Å². The number of aryl methyl sites for hydroxylation is 1. The first-order chi connectivity index (χ1) is 6.70. The average Bonchev–Trinajstić information content (AvgIpc) is 2.57. The molecule has 1 N–H and O–H groups in total. The zero-order valence-corrected chi connectivity index (χ0v) is 7.99. The molecule has 0 spiro atoms. The summed E-state index contributed by atoms with van der Waals surface area (Å²) in [4.78, 5) is 11.4. The van der Waals surface area contributed by atoms with E-state index in [1.54, 1.807) is 19.1 Å². The van der Waals surface area contributed by atoms with Crippen molar-refractivity contribution in [2.45, 2.75) is 19.3 Å². The maximum atomic E-state index is 11.6. The highest BCUT2D eigenvalue weighted by molar-refractivity contribution is 5.84. The average molecular weight is 192 g/mol. The van der Waals surface area contributed by atoms with Crippen molar-refractivity contribution in [3.8, 4) is 0 Å². The van der Waals surface area contributed by atoms with E-state index in [0.717, 1.165) is 4.73 Å². The second-order valence-electron chi connectivity index (χ2n) is 3.52. The molecule has 4 heteroatoms. The molecule has 1 amide bonds. The Morgan fingerprint density at radius 2 is 2.36 bits per heavy atom. The molecule has 0 aromatic carbocycles. The Morgan fingerprint density at radius 3 is 3.00 bits per heavy atom. The maximum Gasteiger partial charge on any atom is 0.233 e. The van der Waals surface area contributed by atoms with E-state index >= 15 is 0 Å². The number of nitrogens with one attached hydrogen (secondary N) is 1. The quantitative estimate of drug-likeness (QED) is 0.511. The molecule has 1 fully saturated rings. The van der Waals surface area contributed by atoms with E-state index in [0.29, 0.717) is 24.4 Å². The van der Waals surface area contributed by atoms with Crippen LogP contribution in [0, 0.1) is 12.1 Å². The van der Waals surface area contributed by atoms with E-state index in [9.17, 15) is 10.0 Å². The Bertz CT molecular complexity index is 376. The third kappa shape index (κ3) is 1.32. The van der Waals surface area contributed by atoms with Crippen LogP contribution in [0.4, 0.5) is 0 Å². The van der Waals surface area contributed by atoms with Crippen molar-refractivity contribution in [1.29, 1.82) is 0 Å². The molecule has 74 valence electrons. The smallest absolute Gasteiger partial charge is 0.233 e. The third-order valence-electron chi connectivity index (χ3n) is 2.57. The highest BCUT2D eigenvalue weighted by Crippen LogP contribution is 2.20. The zero-order chi connectivity index (χ0) is 10.1. The van der Waals surface area contributed by atoms with Crippen LogP contribution in [0.25, 0.3) is 0 Å². The van der Waals surface area contributed by atoms with Crippen LogP contribution in [-0.4, -0.2) is 12.5 Å². The fraction of sp³-hybridized carbons (Fsp3) is 0.400. The van der Waals surface area contributed by atoms with Gasteiger partial charge in [0.15, 0.2) is 5.69 Å². The maximum absolute atomic E-state index is 11.6. The fourth-order valence-corrected chi connectivity index (χ4v) is 1.76. The van der Waals surface area contributed by atoms with Crippen LogP contribution >= 0.6 is 0 Å². The molecule has 1 aromatic rings. The molecule has 2 rings (SSSR count). The normalized spacial score (nSPS) is 20.9. The molecule has 4 nitrogen and oxygen atoms in total. The Kier molecular flexibility index (Phi) is 2.11. The number of carbonyl (C=O) groups excluding carboxylic acids is 1. The van der Waals surface area contributed by atoms with E-state index in [1.165, 1.54) is 0 Å². The predicted molar refractivity (Wildman–Crippen MR) is 50.5 cm³/mol. The third-order valence-corrected chi connectivity index (χ3v) is 2.57. The minimum Gasteiger partial charge on any atom is -0.618 e. The Hall–Kier alpha value is -1.58. The molecular weight excluding hydrogens is 180 g/mol. The summed E-state index contributed by atoms with van der Waals surface area (Å²) in [5.74, 6) is -0.312. The lowest BCUT2D eigenvalue weighted by molar-refractivity contribution is -0.621. The van der Waals surface area contributed by atoms with Gasteiger partial charge in [-0.05, 0) is 12.5 Å². The van der Waals surface area contributed by atoms with Gasteiger partial charge in [-0.2, -0.15) is 4.73 Å². The summed E-state index contributed by atoms with van der Waals surface area (Å²) in [7, 11) is 0. The predicted octanol–water partition coefficient (Wildman–Crippen LogP) is 0.232. The van der Waals surface area contributed by atoms with Gasteiger partial charge in [-0.3, -0.25) is 4.79 Å². The number of hydrogen-bond donors (Lipinski definition) is 1. The SMILES string of the molecule is Cc1cccc([C@@H]2CCNC2=O)[n+]1[O-]. The van der Waals surface area contributed by atoms with Crippen molar-refractivity contribution >= 4 is 5.91 Å². The van der Waals surface area contributed by atoms with Gasteiger partial charge < -0.3 is 10.5 Å². The topological polar surface area (TPSA) is 56.0 Å². The van der Waals surface area contributed by atoms with Crippen LogP contribution in [0.2, 0.25) is 0 Å². The van der Waals surface area contributed by atoms with E-state index in [1.807, 2.05) is 6.07 Å². The molecule has 1 atom stereocenters. The fourth-order valence-electron chi connectivity index (χ4n) is 1.76. The molecule has 0 saturated carbocycles. The molecule has 1 aromatic heterocycles. The number of hydrogen-bond acceptors (Lipinski definition) is 2. The molecule has 1 saturated heterocycles. The molecule has 0 radical (unpaired) electrons. The number of aromatic nitrogens is 1. The van der Waals surface area contributed by atoms with Crippen molar-refractivity contribution in [3.63, 3.8) is 0 Å². The number of nitrogens with zero attached hydrogens (tertiary/aromatic N) is 1. The van der Waals surface area contributed by atoms with Crippen LogP contribution in [0.1, 0.15) is 23.7 Å². The summed E-state index contributed by atoms with van der Waals surface area (Å²) in [6.45, 7) is 2.40. The largest absolute Gasteiger partial charge is 0.618 e. The first-order valence-electron chi connectivity index (χ1n) is 4.67. The Balaban J connectivity index is 2.41. The van der Waals surface area contributed by atoms with Gasteiger partial charge >= 0.3 is 0 Å². The van der Waals surface area contributed by atoms with Crippen LogP contribution in [0.15, 0.2) is 18.2 Å². The molecule has 1 aliphatic rings. The van der Waals surface area contributed by atoms with Gasteiger partial charge in [0.25, 0.3) is 0 Å². The molecule has 0 bridgehead atoms. The summed E-state index contributed by atoms with van der Waals surface area (Å²) in [5, 5.41) is 14.4. The number of carbonyl (C=O) groups is 1. The molecule has 1 aliphatic heterocycles. The second kappa shape index (κ2) is 3.29. The summed E-state index contributed by atoms with van der Waals surface area (Å²) in [6.07, 6.45) is 0.713. The zero-order valence-electron chi connectivity index (χ0n) is 7.99. The van der Waals surface area contributed by atoms with Crippen LogP contribution in [0.5, 0.6) is 0 Å². The van der Waals surface area contributed by atoms with E-state index in [-0.39, 0.29) is 11.8 Å². The lowest BCUT2D eigenvalue weighted by Gasteiger charge is -2.09. The van der Waals surface area contributed by atoms with Crippen LogP contribution in [-0.2, 0) is 4.79 Å². The standard InChI is InChI=1S/C10H12N2O2/c1-7-3-2-4-9(12(7)14)8-5-6-11-10(8)13/h2-4,8H,5-6H2,1H3,(H,11,13)/t8-/m0/s1. The summed E-state index contributed by atoms with van der Waals surface area (Å²) in [6, 6.07) is 5.27. The lowest BCUT2D eigenvalue weighted by Crippen LogP contribution is -2.38. The van der Waals surface area contributed by atoms with Crippen molar-refractivity contribution in [1.82, 2.24) is 5.32 Å². The van der Waals surface area contributed by atoms with Crippen molar-refractivity contribution in [2.75, 3.05) is 6.54 Å². The highest BCUT2D eigenvalue weighted by Gasteiger charge is 2.31. The molecule has 0 unspecified atom stereocenters. The highest BCUT2D eigenvalue weighted by atomic mass is 16.5. The number of rotatable bonds is 1. The monoisotopic (exact) mass is 192 g/mol. The summed E-state index contributed by atoms with van der Waals surface area (Å²) >= 11 is 0. The Labute approximate surface area is 82.1 Å². The summed E-state index contributed by atoms with van der Waals surface area (Å²) in [5.41, 5.74) is 1.18. The lowest BCUT2D eigenvalue weighted by atomic mass is 10.0. The first-order valence-corrected chi connectivity index (χ1v) is 4.67. The van der Waals surface area contributed by atoms with Gasteiger partial charge in [-0.15, -0.1) is 0 Å². The van der Waals surface area contributed by atoms with Crippen LogP contribution in [0.3, 0.4) is 0 Å². The van der Waals surface area contributed by atoms with Gasteiger partial charge in [-0.1, -0.05) is 0 Å². The number of amides is 1. The van der Waals surface area contributed by atoms with Crippen molar-refractivity contribution in [2.24, 2.45) is 0 Å².